The van der Waals surface area contributed by atoms with Crippen LogP contribution in [0.3, 0.4) is 0 Å². The van der Waals surface area contributed by atoms with Crippen LogP contribution in [0.15, 0.2) is 30.5 Å². The molecule has 24 heavy (non-hydrogen) atoms. The minimum Gasteiger partial charge on any atom is -0.354 e. The fourth-order valence-corrected chi connectivity index (χ4v) is 3.49. The molecule has 1 aliphatic rings. The fraction of sp³-hybridized carbons (Fsp3) is 0.526. The third-order valence-electron chi connectivity index (χ3n) is 4.88. The Kier molecular flexibility index (Phi) is 5.51. The lowest BCUT2D eigenvalue weighted by molar-refractivity contribution is -0.121. The average Bonchev–Trinajstić information content (AvgIpc) is 2.97. The molecule has 0 unspecified atom stereocenters. The first-order chi connectivity index (χ1) is 11.7. The first-order valence-electron chi connectivity index (χ1n) is 8.89. The van der Waals surface area contributed by atoms with Crippen molar-refractivity contribution in [1.29, 1.82) is 0 Å². The number of carbonyl (C=O) groups is 1. The van der Waals surface area contributed by atoms with Crippen molar-refractivity contribution in [1.82, 2.24) is 14.8 Å². The highest BCUT2D eigenvalue weighted by Crippen LogP contribution is 2.18. The molecule has 2 aromatic rings. The number of aromatic nitrogens is 1. The van der Waals surface area contributed by atoms with E-state index in [9.17, 15) is 9.18 Å². The molecule has 4 nitrogen and oxygen atoms in total. The third kappa shape index (κ3) is 4.15. The summed E-state index contributed by atoms with van der Waals surface area (Å²) in [4.78, 5) is 14.7. The predicted octanol–water partition coefficient (Wildman–Crippen LogP) is 3.02. The number of fused-ring (bicyclic) bond motifs is 1. The number of amides is 1. The van der Waals surface area contributed by atoms with Gasteiger partial charge in [0.05, 0.1) is 5.52 Å². The van der Waals surface area contributed by atoms with Crippen LogP contribution in [0.1, 0.15) is 26.2 Å². The fourth-order valence-electron chi connectivity index (χ4n) is 3.49. The van der Waals surface area contributed by atoms with Gasteiger partial charge in [0.2, 0.25) is 5.91 Å². The SMILES string of the molecule is CCCN1CCC(CNC(=O)Cn2ccc3ccc(F)cc32)CC1. The van der Waals surface area contributed by atoms with Crippen LogP contribution in [0.5, 0.6) is 0 Å². The van der Waals surface area contributed by atoms with E-state index < -0.39 is 0 Å². The van der Waals surface area contributed by atoms with E-state index in [0.29, 0.717) is 5.92 Å². The monoisotopic (exact) mass is 331 g/mol. The molecule has 1 aliphatic heterocycles. The van der Waals surface area contributed by atoms with E-state index in [0.717, 1.165) is 43.4 Å². The molecule has 1 N–H and O–H groups in total. The van der Waals surface area contributed by atoms with Gasteiger partial charge in [-0.2, -0.15) is 0 Å². The number of rotatable bonds is 6. The van der Waals surface area contributed by atoms with Crippen LogP contribution >= 0.6 is 0 Å². The molecule has 1 aromatic heterocycles. The summed E-state index contributed by atoms with van der Waals surface area (Å²) >= 11 is 0. The Bertz CT molecular complexity index is 689. The first-order valence-corrected chi connectivity index (χ1v) is 8.89. The van der Waals surface area contributed by atoms with E-state index in [2.05, 4.69) is 17.1 Å². The number of benzene rings is 1. The van der Waals surface area contributed by atoms with Crippen molar-refractivity contribution < 1.29 is 9.18 Å². The van der Waals surface area contributed by atoms with Gasteiger partial charge in [-0.1, -0.05) is 6.92 Å². The predicted molar refractivity (Wildman–Crippen MR) is 94.4 cm³/mol. The third-order valence-corrected chi connectivity index (χ3v) is 4.88. The highest BCUT2D eigenvalue weighted by molar-refractivity contribution is 5.83. The summed E-state index contributed by atoms with van der Waals surface area (Å²) in [6.45, 7) is 6.64. The smallest absolute Gasteiger partial charge is 0.239 e. The van der Waals surface area contributed by atoms with Gasteiger partial charge in [-0.3, -0.25) is 4.79 Å². The van der Waals surface area contributed by atoms with Gasteiger partial charge in [0.1, 0.15) is 12.4 Å². The first kappa shape index (κ1) is 17.0. The van der Waals surface area contributed by atoms with Crippen molar-refractivity contribution in [3.8, 4) is 0 Å². The van der Waals surface area contributed by atoms with Gasteiger partial charge >= 0.3 is 0 Å². The minimum absolute atomic E-state index is 0.00671. The molecule has 0 spiro atoms. The maximum absolute atomic E-state index is 13.4. The number of piperidine rings is 1. The molecular weight excluding hydrogens is 305 g/mol. The highest BCUT2D eigenvalue weighted by atomic mass is 19.1. The summed E-state index contributed by atoms with van der Waals surface area (Å²) in [5, 5.41) is 4.00. The lowest BCUT2D eigenvalue weighted by Gasteiger charge is -2.31. The summed E-state index contributed by atoms with van der Waals surface area (Å²) in [7, 11) is 0. The molecule has 1 fully saturated rings. The lowest BCUT2D eigenvalue weighted by Crippen LogP contribution is -2.39. The van der Waals surface area contributed by atoms with Gasteiger partial charge in [0, 0.05) is 12.7 Å². The molecule has 0 aliphatic carbocycles. The molecule has 2 heterocycles. The molecular formula is C19H26FN3O. The number of likely N-dealkylation sites (tertiary alicyclic amines) is 1. The number of halogens is 1. The van der Waals surface area contributed by atoms with E-state index in [1.807, 2.05) is 12.3 Å². The Morgan fingerprint density at radius 1 is 1.29 bits per heavy atom. The number of carbonyl (C=O) groups excluding carboxylic acids is 1. The second kappa shape index (κ2) is 7.79. The quantitative estimate of drug-likeness (QED) is 0.883. The van der Waals surface area contributed by atoms with Crippen molar-refractivity contribution in [2.24, 2.45) is 5.92 Å². The summed E-state index contributed by atoms with van der Waals surface area (Å²) < 4.78 is 15.2. The topological polar surface area (TPSA) is 37.3 Å². The maximum Gasteiger partial charge on any atom is 0.239 e. The number of hydrogen-bond donors (Lipinski definition) is 1. The Balaban J connectivity index is 1.48. The van der Waals surface area contributed by atoms with Crippen molar-refractivity contribution in [3.05, 3.63) is 36.3 Å². The van der Waals surface area contributed by atoms with Crippen LogP contribution in [-0.4, -0.2) is 41.6 Å². The zero-order valence-electron chi connectivity index (χ0n) is 14.3. The van der Waals surface area contributed by atoms with Crippen molar-refractivity contribution in [3.63, 3.8) is 0 Å². The normalized spacial score (nSPS) is 16.6. The van der Waals surface area contributed by atoms with Gasteiger partial charge in [0.15, 0.2) is 0 Å². The zero-order valence-corrected chi connectivity index (χ0v) is 14.3. The van der Waals surface area contributed by atoms with Crippen LogP contribution < -0.4 is 5.32 Å². The second-order valence-electron chi connectivity index (χ2n) is 6.74. The van der Waals surface area contributed by atoms with Crippen LogP contribution in [-0.2, 0) is 11.3 Å². The Hall–Kier alpha value is -1.88. The molecule has 130 valence electrons. The van der Waals surface area contributed by atoms with Gasteiger partial charge in [-0.05, 0) is 74.5 Å². The molecule has 3 rings (SSSR count). The maximum atomic E-state index is 13.4. The molecule has 0 atom stereocenters. The minimum atomic E-state index is -0.276. The Morgan fingerprint density at radius 2 is 2.08 bits per heavy atom. The van der Waals surface area contributed by atoms with Crippen LogP contribution in [0.2, 0.25) is 0 Å². The molecule has 1 amide bonds. The van der Waals surface area contributed by atoms with Crippen LogP contribution in [0, 0.1) is 11.7 Å². The largest absolute Gasteiger partial charge is 0.354 e. The van der Waals surface area contributed by atoms with Crippen LogP contribution in [0.4, 0.5) is 4.39 Å². The molecule has 1 saturated heterocycles. The van der Waals surface area contributed by atoms with Crippen molar-refractivity contribution in [2.45, 2.75) is 32.7 Å². The molecule has 0 saturated carbocycles. The highest BCUT2D eigenvalue weighted by Gasteiger charge is 2.19. The van der Waals surface area contributed by atoms with Gasteiger partial charge in [-0.15, -0.1) is 0 Å². The summed E-state index contributed by atoms with van der Waals surface area (Å²) in [5.74, 6) is 0.287. The van der Waals surface area contributed by atoms with Crippen molar-refractivity contribution in [2.75, 3.05) is 26.2 Å². The average molecular weight is 331 g/mol. The lowest BCUT2D eigenvalue weighted by atomic mass is 9.96. The number of hydrogen-bond acceptors (Lipinski definition) is 2. The van der Waals surface area contributed by atoms with E-state index >= 15 is 0 Å². The second-order valence-corrected chi connectivity index (χ2v) is 6.74. The molecule has 0 bridgehead atoms. The van der Waals surface area contributed by atoms with Crippen molar-refractivity contribution >= 4 is 16.8 Å². The molecule has 5 heteroatoms. The summed E-state index contributed by atoms with van der Waals surface area (Å²) in [6, 6.07) is 6.57. The van der Waals surface area contributed by atoms with E-state index in [1.54, 1.807) is 10.6 Å². The molecule has 1 aromatic carbocycles. The Morgan fingerprint density at radius 3 is 2.83 bits per heavy atom. The van der Waals surface area contributed by atoms with E-state index in [4.69, 9.17) is 0 Å². The van der Waals surface area contributed by atoms with E-state index in [-0.39, 0.29) is 18.3 Å². The molecule has 0 radical (unpaired) electrons. The summed E-state index contributed by atoms with van der Waals surface area (Å²) in [6.07, 6.45) is 5.34. The Labute approximate surface area is 142 Å². The van der Waals surface area contributed by atoms with Gasteiger partial charge in [0.25, 0.3) is 0 Å². The standard InChI is InChI=1S/C19H26FN3O/c1-2-8-22-9-5-15(6-10-22)13-21-19(24)14-23-11-7-16-3-4-17(20)12-18(16)23/h3-4,7,11-12,15H,2,5-6,8-10,13-14H2,1H3,(H,21,24). The zero-order chi connectivity index (χ0) is 16.9. The number of nitrogens with zero attached hydrogens (tertiary/aromatic N) is 2. The summed E-state index contributed by atoms with van der Waals surface area (Å²) in [5.41, 5.74) is 0.762. The van der Waals surface area contributed by atoms with Gasteiger partial charge < -0.3 is 14.8 Å². The van der Waals surface area contributed by atoms with Crippen LogP contribution in [0.25, 0.3) is 10.9 Å². The van der Waals surface area contributed by atoms with E-state index in [1.165, 1.54) is 25.1 Å². The number of nitrogens with one attached hydrogen (secondary N) is 1. The van der Waals surface area contributed by atoms with Gasteiger partial charge in [-0.25, -0.2) is 4.39 Å².